The number of esters is 2. The number of rotatable bonds is 10. The van der Waals surface area contributed by atoms with Crippen molar-refractivity contribution in [3.8, 4) is 5.75 Å². The lowest BCUT2D eigenvalue weighted by Gasteiger charge is -2.28. The first-order chi connectivity index (χ1) is 16.1. The SMILES string of the molecule is COC(=O)[C@H](NC(=O)OCc1ccccc1)[C@H](SCc1ccc(OC)cc1)C(=O)OC(C)(C)C. The number of ether oxygens (including phenoxy) is 4. The van der Waals surface area contributed by atoms with Gasteiger partial charge >= 0.3 is 18.0 Å². The summed E-state index contributed by atoms with van der Waals surface area (Å²) in [7, 11) is 2.76. The smallest absolute Gasteiger partial charge is 0.408 e. The maximum Gasteiger partial charge on any atom is 0.408 e. The second-order valence-electron chi connectivity index (χ2n) is 8.32. The molecule has 0 saturated carbocycles. The van der Waals surface area contributed by atoms with E-state index in [0.717, 1.165) is 22.9 Å². The molecule has 0 spiro atoms. The Kier molecular flexibility index (Phi) is 10.2. The predicted octanol–water partition coefficient (Wildman–Crippen LogP) is 4.11. The number of carbonyl (C=O) groups excluding carboxylic acids is 3. The second kappa shape index (κ2) is 12.9. The van der Waals surface area contributed by atoms with Gasteiger partial charge in [0.2, 0.25) is 0 Å². The van der Waals surface area contributed by atoms with Crippen LogP contribution in [0.4, 0.5) is 4.79 Å². The zero-order valence-corrected chi connectivity index (χ0v) is 20.8. The number of hydrogen-bond acceptors (Lipinski definition) is 8. The molecule has 0 saturated heterocycles. The van der Waals surface area contributed by atoms with Crippen LogP contribution in [0.5, 0.6) is 5.75 Å². The van der Waals surface area contributed by atoms with E-state index in [1.165, 1.54) is 7.11 Å². The van der Waals surface area contributed by atoms with E-state index in [9.17, 15) is 14.4 Å². The highest BCUT2D eigenvalue weighted by Crippen LogP contribution is 2.26. The zero-order chi connectivity index (χ0) is 25.1. The molecule has 0 unspecified atom stereocenters. The van der Waals surface area contributed by atoms with Crippen LogP contribution in [-0.2, 0) is 36.2 Å². The van der Waals surface area contributed by atoms with Crippen molar-refractivity contribution in [1.82, 2.24) is 5.32 Å². The highest BCUT2D eigenvalue weighted by molar-refractivity contribution is 7.99. The van der Waals surface area contributed by atoms with Gasteiger partial charge in [-0.15, -0.1) is 11.8 Å². The topological polar surface area (TPSA) is 100 Å². The predicted molar refractivity (Wildman–Crippen MR) is 129 cm³/mol. The van der Waals surface area contributed by atoms with Gasteiger partial charge in [0, 0.05) is 5.75 Å². The molecule has 2 aromatic carbocycles. The van der Waals surface area contributed by atoms with Crippen molar-refractivity contribution in [2.45, 2.75) is 50.0 Å². The van der Waals surface area contributed by atoms with Crippen LogP contribution in [0.1, 0.15) is 31.9 Å². The molecule has 0 heterocycles. The van der Waals surface area contributed by atoms with E-state index < -0.39 is 34.9 Å². The molecule has 1 N–H and O–H groups in total. The summed E-state index contributed by atoms with van der Waals surface area (Å²) >= 11 is 1.16. The molecule has 0 bridgehead atoms. The number of thioether (sulfide) groups is 1. The number of alkyl carbamates (subject to hydrolysis) is 1. The average molecular weight is 490 g/mol. The molecule has 0 aliphatic carbocycles. The van der Waals surface area contributed by atoms with Crippen LogP contribution in [0.2, 0.25) is 0 Å². The Morgan fingerprint density at radius 3 is 2.12 bits per heavy atom. The Labute approximate surface area is 204 Å². The third-order valence-electron chi connectivity index (χ3n) is 4.47. The lowest BCUT2D eigenvalue weighted by molar-refractivity contribution is -0.158. The summed E-state index contributed by atoms with van der Waals surface area (Å²) in [5, 5.41) is 1.41. The molecule has 1 amide bonds. The van der Waals surface area contributed by atoms with Crippen LogP contribution >= 0.6 is 11.8 Å². The molecule has 2 rings (SSSR count). The fourth-order valence-corrected chi connectivity index (χ4v) is 3.97. The van der Waals surface area contributed by atoms with E-state index in [-0.39, 0.29) is 6.61 Å². The maximum absolute atomic E-state index is 13.0. The highest BCUT2D eigenvalue weighted by Gasteiger charge is 2.39. The van der Waals surface area contributed by atoms with Gasteiger partial charge in [-0.2, -0.15) is 0 Å². The lowest BCUT2D eigenvalue weighted by atomic mass is 10.1. The number of methoxy groups -OCH3 is 2. The van der Waals surface area contributed by atoms with Crippen molar-refractivity contribution in [3.05, 3.63) is 65.7 Å². The molecule has 0 aliphatic heterocycles. The molecule has 0 fully saturated rings. The van der Waals surface area contributed by atoms with Crippen molar-refractivity contribution in [2.24, 2.45) is 0 Å². The molecule has 2 atom stereocenters. The zero-order valence-electron chi connectivity index (χ0n) is 20.0. The van der Waals surface area contributed by atoms with Gasteiger partial charge in [0.25, 0.3) is 0 Å². The summed E-state index contributed by atoms with van der Waals surface area (Å²) in [6.07, 6.45) is -0.849. The minimum absolute atomic E-state index is 0.0106. The lowest BCUT2D eigenvalue weighted by Crippen LogP contribution is -2.52. The van der Waals surface area contributed by atoms with Crippen LogP contribution in [-0.4, -0.2) is 49.1 Å². The van der Waals surface area contributed by atoms with Crippen molar-refractivity contribution in [3.63, 3.8) is 0 Å². The van der Waals surface area contributed by atoms with E-state index in [4.69, 9.17) is 18.9 Å². The summed E-state index contributed by atoms with van der Waals surface area (Å²) in [6.45, 7) is 5.19. The number of nitrogens with one attached hydrogen (secondary N) is 1. The van der Waals surface area contributed by atoms with Crippen LogP contribution in [0.3, 0.4) is 0 Å². The first-order valence-corrected chi connectivity index (χ1v) is 11.7. The first kappa shape index (κ1) is 27.0. The van der Waals surface area contributed by atoms with E-state index in [0.29, 0.717) is 11.5 Å². The summed E-state index contributed by atoms with van der Waals surface area (Å²) in [6, 6.07) is 15.1. The van der Waals surface area contributed by atoms with Crippen LogP contribution in [0.25, 0.3) is 0 Å². The van der Waals surface area contributed by atoms with Crippen LogP contribution in [0, 0.1) is 0 Å². The molecule has 0 aromatic heterocycles. The first-order valence-electron chi connectivity index (χ1n) is 10.7. The molecular weight excluding hydrogens is 458 g/mol. The van der Waals surface area contributed by atoms with E-state index >= 15 is 0 Å². The van der Waals surface area contributed by atoms with Crippen LogP contribution in [0.15, 0.2) is 54.6 Å². The average Bonchev–Trinajstić information content (AvgIpc) is 2.81. The molecule has 9 heteroatoms. The van der Waals surface area contributed by atoms with Gasteiger partial charge in [-0.3, -0.25) is 4.79 Å². The Bertz CT molecular complexity index is 942. The normalized spacial score (nSPS) is 12.7. The molecule has 2 aromatic rings. The largest absolute Gasteiger partial charge is 0.497 e. The van der Waals surface area contributed by atoms with Gasteiger partial charge in [-0.25, -0.2) is 9.59 Å². The Morgan fingerprint density at radius 1 is 0.912 bits per heavy atom. The molecule has 8 nitrogen and oxygen atoms in total. The standard InChI is InChI=1S/C25H31NO7S/c1-25(2,3)33-23(28)21(34-16-18-11-13-19(30-4)14-12-18)20(22(27)31-5)26-24(29)32-15-17-9-7-6-8-10-17/h6-14,20-21H,15-16H2,1-5H3,(H,26,29)/t20-,21+/m1/s1. The third kappa shape index (κ3) is 8.97. The Morgan fingerprint density at radius 2 is 1.56 bits per heavy atom. The van der Waals surface area contributed by atoms with E-state index in [2.05, 4.69) is 5.32 Å². The third-order valence-corrected chi connectivity index (χ3v) is 5.80. The van der Waals surface area contributed by atoms with Gasteiger partial charge in [0.05, 0.1) is 14.2 Å². The Balaban J connectivity index is 2.18. The summed E-state index contributed by atoms with van der Waals surface area (Å²) in [4.78, 5) is 38.1. The fourth-order valence-electron chi connectivity index (χ4n) is 2.84. The Hall–Kier alpha value is -3.20. The number of amides is 1. The molecule has 34 heavy (non-hydrogen) atoms. The van der Waals surface area contributed by atoms with Crippen molar-refractivity contribution >= 4 is 29.8 Å². The number of carbonyl (C=O) groups is 3. The van der Waals surface area contributed by atoms with Gasteiger partial charge in [-0.1, -0.05) is 42.5 Å². The highest BCUT2D eigenvalue weighted by atomic mass is 32.2. The molecular formula is C25H31NO7S. The number of benzene rings is 2. The van der Waals surface area contributed by atoms with Gasteiger partial charge in [-0.05, 0) is 44.0 Å². The minimum atomic E-state index is -1.31. The van der Waals surface area contributed by atoms with Crippen molar-refractivity contribution in [2.75, 3.05) is 14.2 Å². The molecule has 0 aliphatic rings. The quantitative estimate of drug-likeness (QED) is 0.393. The summed E-state index contributed by atoms with van der Waals surface area (Å²) < 4.78 is 20.8. The number of hydrogen-bond donors (Lipinski definition) is 1. The molecule has 184 valence electrons. The van der Waals surface area contributed by atoms with Crippen LogP contribution < -0.4 is 10.1 Å². The van der Waals surface area contributed by atoms with Gasteiger partial charge in [0.15, 0.2) is 6.04 Å². The monoisotopic (exact) mass is 489 g/mol. The van der Waals surface area contributed by atoms with Crippen molar-refractivity contribution < 1.29 is 33.3 Å². The minimum Gasteiger partial charge on any atom is -0.497 e. The van der Waals surface area contributed by atoms with E-state index in [1.807, 2.05) is 30.3 Å². The van der Waals surface area contributed by atoms with Gasteiger partial charge < -0.3 is 24.3 Å². The molecule has 0 radical (unpaired) electrons. The maximum atomic E-state index is 13.0. The second-order valence-corrected chi connectivity index (χ2v) is 9.45. The summed E-state index contributed by atoms with van der Waals surface area (Å²) in [5.41, 5.74) is 0.893. The fraction of sp³-hybridized carbons (Fsp3) is 0.400. The van der Waals surface area contributed by atoms with E-state index in [1.54, 1.807) is 52.1 Å². The van der Waals surface area contributed by atoms with Crippen molar-refractivity contribution in [1.29, 1.82) is 0 Å². The van der Waals surface area contributed by atoms with Gasteiger partial charge in [0.1, 0.15) is 23.2 Å². The summed E-state index contributed by atoms with van der Waals surface area (Å²) in [5.74, 6) is -0.352.